The summed E-state index contributed by atoms with van der Waals surface area (Å²) in [4.78, 5) is 4.92. The van der Waals surface area contributed by atoms with Gasteiger partial charge < -0.3 is 9.57 Å². The Morgan fingerprint density at radius 3 is 2.20 bits per heavy atom. The number of benzene rings is 2. The molecule has 0 saturated heterocycles. The molecule has 0 aliphatic carbocycles. The maximum atomic E-state index is 12.6. The Morgan fingerprint density at radius 1 is 0.920 bits per heavy atom. The zero-order valence-electron chi connectivity index (χ0n) is 12.4. The smallest absolute Gasteiger partial charge is 0.406 e. The molecule has 0 saturated carbocycles. The van der Waals surface area contributed by atoms with Crippen molar-refractivity contribution in [3.63, 3.8) is 0 Å². The van der Waals surface area contributed by atoms with E-state index in [0.29, 0.717) is 5.56 Å². The summed E-state index contributed by atoms with van der Waals surface area (Å²) in [6, 6.07) is 9.43. The van der Waals surface area contributed by atoms with Gasteiger partial charge in [0.15, 0.2) is 0 Å². The van der Waals surface area contributed by atoms with E-state index in [1.807, 2.05) is 0 Å². The Morgan fingerprint density at radius 2 is 1.60 bits per heavy atom. The van der Waals surface area contributed by atoms with E-state index in [1.54, 1.807) is 0 Å². The average molecular weight is 363 g/mol. The van der Waals surface area contributed by atoms with Gasteiger partial charge in [-0.05, 0) is 35.4 Å². The van der Waals surface area contributed by atoms with Crippen LogP contribution in [-0.2, 0) is 17.6 Å². The quantitative estimate of drug-likeness (QED) is 0.418. The third-order valence-corrected chi connectivity index (χ3v) is 2.88. The highest BCUT2D eigenvalue weighted by atomic mass is 19.4. The van der Waals surface area contributed by atoms with Crippen molar-refractivity contribution in [2.75, 3.05) is 0 Å². The molecule has 0 unspecified atom stereocenters. The number of rotatable bonds is 5. The maximum absolute atomic E-state index is 12.6. The summed E-state index contributed by atoms with van der Waals surface area (Å²) < 4.78 is 77.4. The number of hydrogen-bond donors (Lipinski definition) is 0. The molecule has 0 radical (unpaired) electrons. The van der Waals surface area contributed by atoms with E-state index < -0.39 is 18.1 Å². The molecule has 3 nitrogen and oxygen atoms in total. The highest BCUT2D eigenvalue weighted by Crippen LogP contribution is 2.29. The first kappa shape index (κ1) is 18.6. The van der Waals surface area contributed by atoms with Crippen LogP contribution in [0.5, 0.6) is 5.75 Å². The molecule has 0 spiro atoms. The van der Waals surface area contributed by atoms with E-state index in [-0.39, 0.29) is 17.9 Å². The minimum atomic E-state index is -4.77. The van der Waals surface area contributed by atoms with Crippen LogP contribution < -0.4 is 4.74 Å². The summed E-state index contributed by atoms with van der Waals surface area (Å²) in [6.45, 7) is -0.0677. The summed E-state index contributed by atoms with van der Waals surface area (Å²) in [5.74, 6) is -0.372. The van der Waals surface area contributed by atoms with Gasteiger partial charge in [0, 0.05) is 0 Å². The van der Waals surface area contributed by atoms with Gasteiger partial charge in [0.05, 0.1) is 11.8 Å². The first-order valence-corrected chi connectivity index (χ1v) is 6.81. The molecule has 0 aliphatic heterocycles. The molecular formula is C16H11F6NO2. The number of ether oxygens (including phenoxy) is 1. The highest BCUT2D eigenvalue weighted by Gasteiger charge is 2.31. The molecule has 2 rings (SSSR count). The molecule has 0 N–H and O–H groups in total. The fourth-order valence-electron chi connectivity index (χ4n) is 1.79. The monoisotopic (exact) mass is 363 g/mol. The Bertz CT molecular complexity index is 723. The van der Waals surface area contributed by atoms with Crippen LogP contribution in [-0.4, -0.2) is 12.6 Å². The van der Waals surface area contributed by atoms with E-state index in [9.17, 15) is 26.3 Å². The number of nitrogens with zero attached hydrogens (tertiary/aromatic N) is 1. The summed E-state index contributed by atoms with van der Waals surface area (Å²) in [5.41, 5.74) is -0.101. The van der Waals surface area contributed by atoms with Crippen LogP contribution in [0, 0.1) is 0 Å². The van der Waals surface area contributed by atoms with Crippen LogP contribution >= 0.6 is 0 Å². The minimum Gasteiger partial charge on any atom is -0.406 e. The number of halogens is 6. The highest BCUT2D eigenvalue weighted by molar-refractivity contribution is 5.79. The lowest BCUT2D eigenvalue weighted by Crippen LogP contribution is -2.17. The first-order valence-electron chi connectivity index (χ1n) is 6.81. The lowest BCUT2D eigenvalue weighted by molar-refractivity contribution is -0.274. The molecule has 134 valence electrons. The van der Waals surface area contributed by atoms with Gasteiger partial charge in [-0.3, -0.25) is 0 Å². The normalized spacial score (nSPS) is 12.4. The Labute approximate surface area is 138 Å². The Hall–Kier alpha value is -2.71. The van der Waals surface area contributed by atoms with E-state index >= 15 is 0 Å². The van der Waals surface area contributed by atoms with Crippen molar-refractivity contribution in [1.82, 2.24) is 0 Å². The van der Waals surface area contributed by atoms with Gasteiger partial charge in [0.25, 0.3) is 0 Å². The van der Waals surface area contributed by atoms with Crippen LogP contribution in [0.1, 0.15) is 16.7 Å². The summed E-state index contributed by atoms with van der Waals surface area (Å²) in [5, 5.41) is 3.54. The summed E-state index contributed by atoms with van der Waals surface area (Å²) in [6.07, 6.45) is -8.12. The topological polar surface area (TPSA) is 30.8 Å². The predicted molar refractivity (Wildman–Crippen MR) is 77.0 cm³/mol. The van der Waals surface area contributed by atoms with E-state index in [2.05, 4.69) is 9.89 Å². The van der Waals surface area contributed by atoms with Crippen molar-refractivity contribution in [2.45, 2.75) is 19.1 Å². The van der Waals surface area contributed by atoms with Crippen molar-refractivity contribution < 1.29 is 35.9 Å². The van der Waals surface area contributed by atoms with Gasteiger partial charge in [-0.15, -0.1) is 13.2 Å². The SMILES string of the molecule is FC(F)(F)Oc1ccc(CON=Cc2cccc(C(F)(F)F)c2)cc1. The van der Waals surface area contributed by atoms with Crippen LogP contribution in [0.15, 0.2) is 53.7 Å². The minimum absolute atomic E-state index is 0.0677. The van der Waals surface area contributed by atoms with Crippen molar-refractivity contribution in [3.05, 3.63) is 65.2 Å². The molecule has 0 amide bonds. The first-order chi connectivity index (χ1) is 11.6. The van der Waals surface area contributed by atoms with Crippen molar-refractivity contribution in [2.24, 2.45) is 5.16 Å². The fraction of sp³-hybridized carbons (Fsp3) is 0.188. The lowest BCUT2D eigenvalue weighted by atomic mass is 10.1. The van der Waals surface area contributed by atoms with Crippen molar-refractivity contribution in [1.29, 1.82) is 0 Å². The fourth-order valence-corrected chi connectivity index (χ4v) is 1.79. The number of alkyl halides is 6. The molecular weight excluding hydrogens is 352 g/mol. The van der Waals surface area contributed by atoms with E-state index in [1.165, 1.54) is 24.3 Å². The van der Waals surface area contributed by atoms with Crippen LogP contribution in [0.2, 0.25) is 0 Å². The second kappa shape index (κ2) is 7.45. The molecule has 0 aromatic heterocycles. The zero-order chi connectivity index (χ0) is 18.5. The van der Waals surface area contributed by atoms with Crippen molar-refractivity contribution >= 4 is 6.21 Å². The van der Waals surface area contributed by atoms with Crippen LogP contribution in [0.3, 0.4) is 0 Å². The Balaban J connectivity index is 1.89. The lowest BCUT2D eigenvalue weighted by Gasteiger charge is -2.09. The summed E-state index contributed by atoms with van der Waals surface area (Å²) in [7, 11) is 0. The van der Waals surface area contributed by atoms with Gasteiger partial charge in [0.2, 0.25) is 0 Å². The van der Waals surface area contributed by atoms with Crippen LogP contribution in [0.4, 0.5) is 26.3 Å². The van der Waals surface area contributed by atoms with Crippen LogP contribution in [0.25, 0.3) is 0 Å². The third-order valence-electron chi connectivity index (χ3n) is 2.88. The molecule has 0 atom stereocenters. The second-order valence-electron chi connectivity index (χ2n) is 4.82. The van der Waals surface area contributed by atoms with Gasteiger partial charge in [0.1, 0.15) is 12.4 Å². The standard InChI is InChI=1S/C16H11F6NO2/c17-15(18,19)13-3-1-2-12(8-13)9-23-24-10-11-4-6-14(7-5-11)25-16(20,21)22/h1-9H,10H2. The average Bonchev–Trinajstić information content (AvgIpc) is 2.51. The molecule has 0 fully saturated rings. The number of hydrogen-bond acceptors (Lipinski definition) is 3. The third kappa shape index (κ3) is 6.36. The van der Waals surface area contributed by atoms with Gasteiger partial charge in [-0.2, -0.15) is 13.2 Å². The number of oxime groups is 1. The molecule has 25 heavy (non-hydrogen) atoms. The van der Waals surface area contributed by atoms with Crippen molar-refractivity contribution in [3.8, 4) is 5.75 Å². The largest absolute Gasteiger partial charge is 0.573 e. The van der Waals surface area contributed by atoms with Gasteiger partial charge in [-0.25, -0.2) is 0 Å². The van der Waals surface area contributed by atoms with E-state index in [0.717, 1.165) is 30.5 Å². The zero-order valence-corrected chi connectivity index (χ0v) is 12.4. The molecule has 2 aromatic carbocycles. The maximum Gasteiger partial charge on any atom is 0.573 e. The van der Waals surface area contributed by atoms with Gasteiger partial charge in [-0.1, -0.05) is 29.4 Å². The van der Waals surface area contributed by atoms with Gasteiger partial charge >= 0.3 is 12.5 Å². The second-order valence-corrected chi connectivity index (χ2v) is 4.82. The molecule has 0 heterocycles. The predicted octanol–water partition coefficient (Wildman–Crippen LogP) is 5.15. The molecule has 0 bridgehead atoms. The molecule has 2 aromatic rings. The summed E-state index contributed by atoms with van der Waals surface area (Å²) >= 11 is 0. The molecule has 9 heteroatoms. The molecule has 0 aliphatic rings. The Kier molecular flexibility index (Phi) is 5.55. The van der Waals surface area contributed by atoms with E-state index in [4.69, 9.17) is 4.84 Å².